The van der Waals surface area contributed by atoms with Crippen LogP contribution in [-0.4, -0.2) is 35.4 Å². The van der Waals surface area contributed by atoms with Gasteiger partial charge in [-0.15, -0.1) is 0 Å². The van der Waals surface area contributed by atoms with E-state index in [1.165, 1.54) is 7.11 Å². The number of carbonyl (C=O) groups excluding carboxylic acids is 1. The molecule has 0 amide bonds. The molecule has 7 nitrogen and oxygen atoms in total. The van der Waals surface area contributed by atoms with Gasteiger partial charge >= 0.3 is 5.97 Å². The largest absolute Gasteiger partial charge is 0.487 e. The highest BCUT2D eigenvalue weighted by atomic mass is 16.5. The molecule has 172 valence electrons. The number of aliphatic hydroxyl groups is 1. The summed E-state index contributed by atoms with van der Waals surface area (Å²) < 4.78 is 11.1. The van der Waals surface area contributed by atoms with E-state index in [1.807, 2.05) is 60.7 Å². The fourth-order valence-electron chi connectivity index (χ4n) is 4.43. The molecule has 1 fully saturated rings. The van der Waals surface area contributed by atoms with E-state index in [2.05, 4.69) is 28.0 Å². The number of aliphatic hydroxyl groups excluding tert-OH is 1. The second-order valence-corrected chi connectivity index (χ2v) is 8.14. The Morgan fingerprint density at radius 1 is 1.03 bits per heavy atom. The molecule has 0 aliphatic carbocycles. The average molecular weight is 448 g/mol. The number of para-hydroxylation sites is 1. The summed E-state index contributed by atoms with van der Waals surface area (Å²) in [5, 5.41) is 10.9. The molecular formula is C26H29N3O4. The van der Waals surface area contributed by atoms with Gasteiger partial charge < -0.3 is 14.6 Å². The van der Waals surface area contributed by atoms with Crippen molar-refractivity contribution < 1.29 is 19.4 Å². The van der Waals surface area contributed by atoms with Crippen LogP contribution in [-0.2, 0) is 22.6 Å². The van der Waals surface area contributed by atoms with Crippen LogP contribution < -0.4 is 15.6 Å². The van der Waals surface area contributed by atoms with Crippen LogP contribution in [0.15, 0.2) is 79.0 Å². The molecule has 2 heterocycles. The van der Waals surface area contributed by atoms with Crippen LogP contribution in [0.2, 0.25) is 0 Å². The van der Waals surface area contributed by atoms with E-state index >= 15 is 0 Å². The third-order valence-electron chi connectivity index (χ3n) is 6.04. The fourth-order valence-corrected chi connectivity index (χ4v) is 4.43. The molecule has 0 spiro atoms. The number of pyridine rings is 1. The number of carbonyl (C=O) groups is 1. The highest BCUT2D eigenvalue weighted by molar-refractivity contribution is 5.70. The Balaban J connectivity index is 1.63. The maximum atomic E-state index is 12.4. The van der Waals surface area contributed by atoms with Crippen LogP contribution in [0.4, 0.5) is 0 Å². The molecule has 4 unspecified atom stereocenters. The standard InChI is InChI=1S/C26H29N3O4/c1-32-24(30)16-21(25-22(28-29-26(25)31)15-18-9-3-2-4-10-18)20-12-5-6-13-23(20)33-17-19-11-7-8-14-27-19/h2-14,21-22,25-26,28-29,31H,15-17H2,1H3. The van der Waals surface area contributed by atoms with Crippen molar-refractivity contribution >= 4 is 5.97 Å². The molecule has 0 saturated carbocycles. The van der Waals surface area contributed by atoms with E-state index in [4.69, 9.17) is 9.47 Å². The van der Waals surface area contributed by atoms with Gasteiger partial charge in [0.2, 0.25) is 0 Å². The van der Waals surface area contributed by atoms with Crippen molar-refractivity contribution in [3.63, 3.8) is 0 Å². The molecule has 2 aromatic carbocycles. The van der Waals surface area contributed by atoms with Crippen LogP contribution >= 0.6 is 0 Å². The van der Waals surface area contributed by atoms with Crippen molar-refractivity contribution in [1.82, 2.24) is 15.8 Å². The number of hydrogen-bond acceptors (Lipinski definition) is 7. The predicted octanol–water partition coefficient (Wildman–Crippen LogP) is 2.96. The Bertz CT molecular complexity index is 1030. The number of rotatable bonds is 9. The zero-order valence-corrected chi connectivity index (χ0v) is 18.6. The molecule has 4 atom stereocenters. The highest BCUT2D eigenvalue weighted by Gasteiger charge is 2.42. The SMILES string of the molecule is COC(=O)CC(c1ccccc1OCc1ccccn1)C1C(O)NNC1Cc1ccccc1. The molecule has 0 radical (unpaired) electrons. The number of ether oxygens (including phenoxy) is 2. The van der Waals surface area contributed by atoms with Crippen LogP contribution in [0.3, 0.4) is 0 Å². The van der Waals surface area contributed by atoms with Gasteiger partial charge in [0.1, 0.15) is 18.6 Å². The number of esters is 1. The lowest BCUT2D eigenvalue weighted by Crippen LogP contribution is -2.36. The summed E-state index contributed by atoms with van der Waals surface area (Å²) in [5.74, 6) is -0.292. The zero-order valence-electron chi connectivity index (χ0n) is 18.6. The van der Waals surface area contributed by atoms with Gasteiger partial charge in [0, 0.05) is 24.1 Å². The van der Waals surface area contributed by atoms with E-state index in [-0.39, 0.29) is 30.3 Å². The Morgan fingerprint density at radius 3 is 2.55 bits per heavy atom. The Hall–Kier alpha value is -3.26. The Kier molecular flexibility index (Phi) is 7.67. The number of methoxy groups -OCH3 is 1. The summed E-state index contributed by atoms with van der Waals surface area (Å²) in [6.07, 6.45) is 1.71. The van der Waals surface area contributed by atoms with Gasteiger partial charge in [0.05, 0.1) is 19.2 Å². The highest BCUT2D eigenvalue weighted by Crippen LogP contribution is 2.40. The molecule has 1 saturated heterocycles. The summed E-state index contributed by atoms with van der Waals surface area (Å²) in [7, 11) is 1.38. The summed E-state index contributed by atoms with van der Waals surface area (Å²) in [6.45, 7) is 0.306. The first-order valence-corrected chi connectivity index (χ1v) is 11.1. The van der Waals surface area contributed by atoms with Crippen molar-refractivity contribution in [2.75, 3.05) is 7.11 Å². The van der Waals surface area contributed by atoms with Crippen molar-refractivity contribution in [2.24, 2.45) is 5.92 Å². The second kappa shape index (κ2) is 11.0. The molecular weight excluding hydrogens is 418 g/mol. The van der Waals surface area contributed by atoms with Gasteiger partial charge in [-0.2, -0.15) is 0 Å². The Labute approximate surface area is 193 Å². The molecule has 3 N–H and O–H groups in total. The van der Waals surface area contributed by atoms with Crippen molar-refractivity contribution in [3.8, 4) is 5.75 Å². The van der Waals surface area contributed by atoms with Gasteiger partial charge in [0.25, 0.3) is 0 Å². The number of nitrogens with one attached hydrogen (secondary N) is 2. The second-order valence-electron chi connectivity index (χ2n) is 8.14. The maximum absolute atomic E-state index is 12.4. The molecule has 33 heavy (non-hydrogen) atoms. The lowest BCUT2D eigenvalue weighted by molar-refractivity contribution is -0.141. The molecule has 3 aromatic rings. The van der Waals surface area contributed by atoms with Gasteiger partial charge in [-0.1, -0.05) is 54.6 Å². The van der Waals surface area contributed by atoms with Crippen LogP contribution in [0.1, 0.15) is 29.2 Å². The normalized spacial score (nSPS) is 20.8. The number of nitrogens with zero attached hydrogens (tertiary/aromatic N) is 1. The fraction of sp³-hybridized carbons (Fsp3) is 0.308. The minimum Gasteiger partial charge on any atom is -0.487 e. The van der Waals surface area contributed by atoms with E-state index in [1.54, 1.807) is 6.20 Å². The molecule has 4 rings (SSSR count). The molecule has 1 aromatic heterocycles. The maximum Gasteiger partial charge on any atom is 0.306 e. The van der Waals surface area contributed by atoms with E-state index < -0.39 is 6.23 Å². The van der Waals surface area contributed by atoms with E-state index in [0.29, 0.717) is 18.8 Å². The molecule has 1 aliphatic rings. The lowest BCUT2D eigenvalue weighted by Gasteiger charge is -2.30. The Morgan fingerprint density at radius 2 is 1.79 bits per heavy atom. The number of hydrazine groups is 1. The van der Waals surface area contributed by atoms with Crippen molar-refractivity contribution in [3.05, 3.63) is 95.8 Å². The minimum absolute atomic E-state index is 0.0964. The van der Waals surface area contributed by atoms with E-state index in [9.17, 15) is 9.90 Å². The van der Waals surface area contributed by atoms with Crippen molar-refractivity contribution in [1.29, 1.82) is 0 Å². The summed E-state index contributed by atoms with van der Waals surface area (Å²) in [5.41, 5.74) is 8.99. The number of hydrogen-bond donors (Lipinski definition) is 3. The molecule has 1 aliphatic heterocycles. The topological polar surface area (TPSA) is 92.7 Å². The first kappa shape index (κ1) is 22.9. The van der Waals surface area contributed by atoms with Gasteiger partial charge in [-0.25, -0.2) is 5.43 Å². The van der Waals surface area contributed by atoms with Crippen LogP contribution in [0, 0.1) is 5.92 Å². The van der Waals surface area contributed by atoms with Crippen LogP contribution in [0.5, 0.6) is 5.75 Å². The third kappa shape index (κ3) is 5.76. The van der Waals surface area contributed by atoms with Crippen molar-refractivity contribution in [2.45, 2.75) is 37.6 Å². The first-order chi connectivity index (χ1) is 16.2. The molecule has 7 heteroatoms. The minimum atomic E-state index is -0.836. The number of benzene rings is 2. The molecule has 0 bridgehead atoms. The smallest absolute Gasteiger partial charge is 0.306 e. The van der Waals surface area contributed by atoms with Gasteiger partial charge in [-0.05, 0) is 35.7 Å². The summed E-state index contributed by atoms with van der Waals surface area (Å²) >= 11 is 0. The first-order valence-electron chi connectivity index (χ1n) is 11.1. The average Bonchev–Trinajstić information content (AvgIpc) is 3.22. The summed E-state index contributed by atoms with van der Waals surface area (Å²) in [6, 6.07) is 23.3. The summed E-state index contributed by atoms with van der Waals surface area (Å²) in [4.78, 5) is 16.7. The van der Waals surface area contributed by atoms with Crippen LogP contribution in [0.25, 0.3) is 0 Å². The van der Waals surface area contributed by atoms with E-state index in [0.717, 1.165) is 16.8 Å². The van der Waals surface area contributed by atoms with Gasteiger partial charge in [0.15, 0.2) is 0 Å². The quantitative estimate of drug-likeness (QED) is 0.434. The number of aromatic nitrogens is 1. The van der Waals surface area contributed by atoms with Gasteiger partial charge in [-0.3, -0.25) is 15.2 Å². The zero-order chi connectivity index (χ0) is 23.0. The lowest BCUT2D eigenvalue weighted by atomic mass is 9.77. The third-order valence-corrected chi connectivity index (χ3v) is 6.04. The predicted molar refractivity (Wildman–Crippen MR) is 124 cm³/mol. The monoisotopic (exact) mass is 447 g/mol.